The van der Waals surface area contributed by atoms with Gasteiger partial charge in [0.2, 0.25) is 0 Å². The van der Waals surface area contributed by atoms with E-state index in [1.165, 1.54) is 19.4 Å². The minimum Gasteiger partial charge on any atom is -0.497 e. The number of benzene rings is 1. The third-order valence-corrected chi connectivity index (χ3v) is 3.81. The average Bonchev–Trinajstić information content (AvgIpc) is 2.39. The van der Waals surface area contributed by atoms with Gasteiger partial charge in [0.1, 0.15) is 5.75 Å². The summed E-state index contributed by atoms with van der Waals surface area (Å²) in [6.45, 7) is 3.37. The standard InChI is InChI=1S/C15H25N3O/c1-17(2)11-12-6-8-18(9-7-12)15-5-4-13(19-3)10-14(15)16/h4-5,10,12H,6-9,11,16H2,1-3H3. The molecule has 0 atom stereocenters. The van der Waals surface area contributed by atoms with Crippen LogP contribution in [0.15, 0.2) is 18.2 Å². The molecule has 0 saturated carbocycles. The van der Waals surface area contributed by atoms with Crippen LogP contribution in [-0.4, -0.2) is 45.7 Å². The summed E-state index contributed by atoms with van der Waals surface area (Å²) in [6, 6.07) is 5.96. The zero-order valence-corrected chi connectivity index (χ0v) is 12.2. The van der Waals surface area contributed by atoms with Crippen LogP contribution in [0.3, 0.4) is 0 Å². The van der Waals surface area contributed by atoms with Gasteiger partial charge in [-0.2, -0.15) is 0 Å². The maximum atomic E-state index is 6.11. The lowest BCUT2D eigenvalue weighted by atomic mass is 9.96. The average molecular weight is 263 g/mol. The van der Waals surface area contributed by atoms with E-state index in [0.717, 1.165) is 36.1 Å². The van der Waals surface area contributed by atoms with Crippen LogP contribution in [0.1, 0.15) is 12.8 Å². The zero-order chi connectivity index (χ0) is 13.8. The van der Waals surface area contributed by atoms with E-state index in [0.29, 0.717) is 0 Å². The maximum Gasteiger partial charge on any atom is 0.121 e. The molecular formula is C15H25N3O. The smallest absolute Gasteiger partial charge is 0.121 e. The van der Waals surface area contributed by atoms with Crippen LogP contribution in [0, 0.1) is 5.92 Å². The Balaban J connectivity index is 1.97. The molecule has 0 unspecified atom stereocenters. The first-order valence-corrected chi connectivity index (χ1v) is 6.93. The predicted molar refractivity (Wildman–Crippen MR) is 80.9 cm³/mol. The van der Waals surface area contributed by atoms with Gasteiger partial charge < -0.3 is 20.3 Å². The van der Waals surface area contributed by atoms with Crippen molar-refractivity contribution >= 4 is 11.4 Å². The van der Waals surface area contributed by atoms with Crippen molar-refractivity contribution in [2.24, 2.45) is 5.92 Å². The zero-order valence-electron chi connectivity index (χ0n) is 12.2. The van der Waals surface area contributed by atoms with Crippen LogP contribution in [0.25, 0.3) is 0 Å². The number of nitrogens with zero attached hydrogens (tertiary/aromatic N) is 2. The van der Waals surface area contributed by atoms with Crippen molar-refractivity contribution in [3.05, 3.63) is 18.2 Å². The van der Waals surface area contributed by atoms with Crippen molar-refractivity contribution in [1.29, 1.82) is 0 Å². The Bertz CT molecular complexity index is 412. The first-order chi connectivity index (χ1) is 9.10. The van der Waals surface area contributed by atoms with Gasteiger partial charge in [-0.3, -0.25) is 0 Å². The Morgan fingerprint density at radius 2 is 2.00 bits per heavy atom. The number of rotatable bonds is 4. The van der Waals surface area contributed by atoms with Crippen molar-refractivity contribution in [1.82, 2.24) is 4.90 Å². The normalized spacial score (nSPS) is 16.9. The second-order valence-electron chi connectivity index (χ2n) is 5.62. The minimum atomic E-state index is 0.811. The summed E-state index contributed by atoms with van der Waals surface area (Å²) < 4.78 is 5.19. The fourth-order valence-corrected chi connectivity index (χ4v) is 2.82. The van der Waals surface area contributed by atoms with Crippen LogP contribution < -0.4 is 15.4 Å². The first-order valence-electron chi connectivity index (χ1n) is 6.93. The lowest BCUT2D eigenvalue weighted by Gasteiger charge is -2.35. The third kappa shape index (κ3) is 3.53. The number of ether oxygens (including phenoxy) is 1. The Labute approximate surface area is 116 Å². The molecule has 0 aromatic heterocycles. The van der Waals surface area contributed by atoms with Gasteiger partial charge in [0.15, 0.2) is 0 Å². The van der Waals surface area contributed by atoms with E-state index in [4.69, 9.17) is 10.5 Å². The second-order valence-corrected chi connectivity index (χ2v) is 5.62. The molecule has 0 radical (unpaired) electrons. The van der Waals surface area contributed by atoms with Crippen molar-refractivity contribution in [2.45, 2.75) is 12.8 Å². The molecule has 19 heavy (non-hydrogen) atoms. The second kappa shape index (κ2) is 6.15. The number of anilines is 2. The van der Waals surface area contributed by atoms with E-state index in [1.807, 2.05) is 12.1 Å². The van der Waals surface area contributed by atoms with Crippen molar-refractivity contribution < 1.29 is 4.74 Å². The van der Waals surface area contributed by atoms with Gasteiger partial charge in [0.25, 0.3) is 0 Å². The molecule has 2 rings (SSSR count). The number of hydrogen-bond donors (Lipinski definition) is 1. The van der Waals surface area contributed by atoms with Crippen molar-refractivity contribution in [3.63, 3.8) is 0 Å². The van der Waals surface area contributed by atoms with Crippen molar-refractivity contribution in [3.8, 4) is 5.75 Å². The van der Waals surface area contributed by atoms with E-state index in [-0.39, 0.29) is 0 Å². The van der Waals surface area contributed by atoms with Gasteiger partial charge in [0.05, 0.1) is 18.5 Å². The molecule has 1 fully saturated rings. The molecular weight excluding hydrogens is 238 g/mol. The largest absolute Gasteiger partial charge is 0.497 e. The molecule has 1 aliphatic rings. The molecule has 4 nitrogen and oxygen atoms in total. The molecule has 0 aliphatic carbocycles. The molecule has 106 valence electrons. The quantitative estimate of drug-likeness (QED) is 0.844. The highest BCUT2D eigenvalue weighted by molar-refractivity contribution is 5.69. The van der Waals surface area contributed by atoms with Crippen molar-refractivity contribution in [2.75, 3.05) is 51.5 Å². The van der Waals surface area contributed by atoms with Gasteiger partial charge >= 0.3 is 0 Å². The highest BCUT2D eigenvalue weighted by atomic mass is 16.5. The van der Waals surface area contributed by atoms with E-state index in [2.05, 4.69) is 30.0 Å². The maximum absolute atomic E-state index is 6.11. The van der Waals surface area contributed by atoms with E-state index >= 15 is 0 Å². The van der Waals surface area contributed by atoms with Crippen LogP contribution in [0.4, 0.5) is 11.4 Å². The number of piperidine rings is 1. The molecule has 1 aromatic rings. The van der Waals surface area contributed by atoms with Gasteiger partial charge in [-0.25, -0.2) is 0 Å². The monoisotopic (exact) mass is 263 g/mol. The highest BCUT2D eigenvalue weighted by Gasteiger charge is 2.21. The van der Waals surface area contributed by atoms with Gasteiger partial charge in [0, 0.05) is 25.7 Å². The third-order valence-electron chi connectivity index (χ3n) is 3.81. The highest BCUT2D eigenvalue weighted by Crippen LogP contribution is 2.30. The summed E-state index contributed by atoms with van der Waals surface area (Å²) in [5.41, 5.74) is 8.07. The molecule has 0 bridgehead atoms. The summed E-state index contributed by atoms with van der Waals surface area (Å²) in [7, 11) is 5.96. The minimum absolute atomic E-state index is 0.811. The molecule has 4 heteroatoms. The Morgan fingerprint density at radius 1 is 1.32 bits per heavy atom. The van der Waals surface area contributed by atoms with Crippen LogP contribution in [0.5, 0.6) is 5.75 Å². The summed E-state index contributed by atoms with van der Waals surface area (Å²) in [6.07, 6.45) is 2.48. The number of nitrogen functional groups attached to an aromatic ring is 1. The number of methoxy groups -OCH3 is 1. The predicted octanol–water partition coefficient (Wildman–Crippen LogP) is 2.06. The fourth-order valence-electron chi connectivity index (χ4n) is 2.82. The van der Waals surface area contributed by atoms with E-state index in [1.54, 1.807) is 7.11 Å². The molecule has 0 spiro atoms. The fraction of sp³-hybridized carbons (Fsp3) is 0.600. The summed E-state index contributed by atoms with van der Waals surface area (Å²) in [5.74, 6) is 1.63. The van der Waals surface area contributed by atoms with E-state index in [9.17, 15) is 0 Å². The Hall–Kier alpha value is -1.42. The number of hydrogen-bond acceptors (Lipinski definition) is 4. The molecule has 1 aromatic carbocycles. The van der Waals surface area contributed by atoms with E-state index < -0.39 is 0 Å². The summed E-state index contributed by atoms with van der Waals surface area (Å²) >= 11 is 0. The molecule has 1 saturated heterocycles. The Morgan fingerprint density at radius 3 is 2.53 bits per heavy atom. The van der Waals surface area contributed by atoms with Gasteiger partial charge in [-0.05, 0) is 45.0 Å². The first kappa shape index (κ1) is 14.0. The molecule has 0 amide bonds. The van der Waals surface area contributed by atoms with Crippen LogP contribution in [-0.2, 0) is 0 Å². The number of nitrogens with two attached hydrogens (primary N) is 1. The van der Waals surface area contributed by atoms with Gasteiger partial charge in [-0.1, -0.05) is 0 Å². The SMILES string of the molecule is COc1ccc(N2CCC(CN(C)C)CC2)c(N)c1. The lowest BCUT2D eigenvalue weighted by Crippen LogP contribution is -2.37. The Kier molecular flexibility index (Phi) is 4.53. The summed E-state index contributed by atoms with van der Waals surface area (Å²) in [5, 5.41) is 0. The molecule has 1 heterocycles. The molecule has 1 aliphatic heterocycles. The summed E-state index contributed by atoms with van der Waals surface area (Å²) in [4.78, 5) is 4.67. The topological polar surface area (TPSA) is 41.7 Å². The van der Waals surface area contributed by atoms with Gasteiger partial charge in [-0.15, -0.1) is 0 Å². The lowest BCUT2D eigenvalue weighted by molar-refractivity contribution is 0.285. The van der Waals surface area contributed by atoms with Crippen LogP contribution >= 0.6 is 0 Å². The molecule has 2 N–H and O–H groups in total. The van der Waals surface area contributed by atoms with Crippen LogP contribution in [0.2, 0.25) is 0 Å².